The maximum Gasteiger partial charge on any atom is 0.103 e. The molecule has 0 amide bonds. The average molecular weight is 317 g/mol. The Morgan fingerprint density at radius 3 is 2.42 bits per heavy atom. The molecule has 2 atom stereocenters. The van der Waals surface area contributed by atoms with Crippen molar-refractivity contribution in [2.75, 3.05) is 4.90 Å². The van der Waals surface area contributed by atoms with Crippen molar-refractivity contribution in [3.05, 3.63) is 70.8 Å². The summed E-state index contributed by atoms with van der Waals surface area (Å²) in [5, 5.41) is 0. The summed E-state index contributed by atoms with van der Waals surface area (Å²) in [6, 6.07) is 14.1. The third-order valence-corrected chi connectivity index (χ3v) is 5.96. The summed E-state index contributed by atoms with van der Waals surface area (Å²) in [4.78, 5) is 2.50. The van der Waals surface area contributed by atoms with Crippen LogP contribution in [0.4, 0.5) is 5.69 Å². The summed E-state index contributed by atoms with van der Waals surface area (Å²) in [6.07, 6.45) is 5.03. The van der Waals surface area contributed by atoms with Crippen molar-refractivity contribution < 1.29 is 0 Å². The van der Waals surface area contributed by atoms with Gasteiger partial charge in [0.1, 0.15) is 6.54 Å². The Labute approximate surface area is 146 Å². The lowest BCUT2D eigenvalue weighted by Crippen LogP contribution is -2.29. The minimum atomic E-state index is 0.109. The van der Waals surface area contributed by atoms with Gasteiger partial charge in [-0.05, 0) is 69.2 Å². The first-order valence-electron chi connectivity index (χ1n) is 9.21. The molecule has 0 spiro atoms. The Bertz CT molecular complexity index is 752. The van der Waals surface area contributed by atoms with Crippen molar-refractivity contribution in [1.29, 1.82) is 0 Å². The van der Waals surface area contributed by atoms with E-state index in [0.717, 1.165) is 0 Å². The topological polar surface area (TPSA) is 3.24 Å². The lowest BCUT2D eigenvalue weighted by atomic mass is 9.70. The molecule has 2 radical (unpaired) electrons. The molecule has 0 aromatic heterocycles. The second kappa shape index (κ2) is 5.65. The van der Waals surface area contributed by atoms with Gasteiger partial charge in [0.2, 0.25) is 0 Å². The molecule has 1 saturated carbocycles. The summed E-state index contributed by atoms with van der Waals surface area (Å²) in [7, 11) is 0. The highest BCUT2D eigenvalue weighted by molar-refractivity contribution is 5.65. The standard InChI is InChI=1S/C23H27N/c1-16-12-18(3)22(19(4)13-16)24-15-23(11-7-9-20(24)14-23)21-10-6-5-8-17(21)2/h5-6,8,10,12-13,20H,7,9,11,14H2,1-4H3. The molecule has 1 saturated heterocycles. The third-order valence-electron chi connectivity index (χ3n) is 5.96. The molecular weight excluding hydrogens is 290 g/mol. The van der Waals surface area contributed by atoms with Gasteiger partial charge in [0.05, 0.1) is 0 Å². The number of hydrogen-bond donors (Lipinski definition) is 0. The summed E-state index contributed by atoms with van der Waals surface area (Å²) in [5.74, 6) is 0. The number of rotatable bonds is 2. The molecule has 2 aromatic rings. The molecule has 2 bridgehead atoms. The third kappa shape index (κ3) is 2.37. The van der Waals surface area contributed by atoms with Crippen LogP contribution in [0, 0.1) is 34.2 Å². The molecule has 4 rings (SSSR count). The Hall–Kier alpha value is -1.76. The minimum absolute atomic E-state index is 0.109. The second-order valence-electron chi connectivity index (χ2n) is 7.88. The molecule has 1 heterocycles. The van der Waals surface area contributed by atoms with Crippen molar-refractivity contribution in [2.45, 2.75) is 64.8 Å². The number of aryl methyl sites for hydroxylation is 4. The van der Waals surface area contributed by atoms with Crippen LogP contribution < -0.4 is 4.90 Å². The van der Waals surface area contributed by atoms with Crippen molar-refractivity contribution in [3.63, 3.8) is 0 Å². The van der Waals surface area contributed by atoms with Gasteiger partial charge in [0.25, 0.3) is 0 Å². The lowest BCUT2D eigenvalue weighted by Gasteiger charge is -2.32. The fourth-order valence-corrected chi connectivity index (χ4v) is 5.10. The number of benzene rings is 2. The zero-order chi connectivity index (χ0) is 16.9. The van der Waals surface area contributed by atoms with Crippen molar-refractivity contribution in [1.82, 2.24) is 0 Å². The molecule has 2 unspecified atom stereocenters. The monoisotopic (exact) mass is 317 g/mol. The summed E-state index contributed by atoms with van der Waals surface area (Å²) in [6.45, 7) is 12.9. The van der Waals surface area contributed by atoms with Gasteiger partial charge >= 0.3 is 0 Å². The molecule has 2 aromatic carbocycles. The van der Waals surface area contributed by atoms with Crippen LogP contribution in [0.25, 0.3) is 0 Å². The van der Waals surface area contributed by atoms with Crippen molar-refractivity contribution in [2.24, 2.45) is 0 Å². The highest BCUT2D eigenvalue weighted by Gasteiger charge is 2.49. The number of hydrogen-bond acceptors (Lipinski definition) is 1. The van der Waals surface area contributed by atoms with E-state index in [1.54, 1.807) is 0 Å². The quantitative estimate of drug-likeness (QED) is 0.691. The first-order valence-corrected chi connectivity index (χ1v) is 9.21. The maximum atomic E-state index is 3.97. The van der Waals surface area contributed by atoms with Crippen molar-refractivity contribution in [3.8, 4) is 0 Å². The van der Waals surface area contributed by atoms with E-state index in [1.807, 2.05) is 0 Å². The molecular formula is C23H27N. The Morgan fingerprint density at radius 1 is 1.00 bits per heavy atom. The number of fused-ring (bicyclic) bond motifs is 2. The van der Waals surface area contributed by atoms with E-state index < -0.39 is 0 Å². The highest BCUT2D eigenvalue weighted by atomic mass is 15.2. The smallest absolute Gasteiger partial charge is 0.103 e. The first-order chi connectivity index (χ1) is 11.5. The van der Waals surface area contributed by atoms with Crippen LogP contribution in [-0.2, 0) is 5.41 Å². The lowest BCUT2D eigenvalue weighted by molar-refractivity contribution is 0.365. The summed E-state index contributed by atoms with van der Waals surface area (Å²) < 4.78 is 0. The van der Waals surface area contributed by atoms with E-state index in [9.17, 15) is 0 Å². The Balaban J connectivity index is 1.78. The second-order valence-corrected chi connectivity index (χ2v) is 7.88. The molecule has 1 aliphatic carbocycles. The fourth-order valence-electron chi connectivity index (χ4n) is 5.10. The van der Waals surface area contributed by atoms with Gasteiger partial charge in [-0.1, -0.05) is 48.4 Å². The van der Waals surface area contributed by atoms with Crippen LogP contribution in [0.1, 0.15) is 53.5 Å². The molecule has 124 valence electrons. The van der Waals surface area contributed by atoms with Crippen LogP contribution in [-0.4, -0.2) is 6.04 Å². The molecule has 2 fully saturated rings. The van der Waals surface area contributed by atoms with Gasteiger partial charge in [0, 0.05) is 17.1 Å². The van der Waals surface area contributed by atoms with E-state index in [1.165, 1.54) is 59.2 Å². The van der Waals surface area contributed by atoms with E-state index >= 15 is 0 Å². The zero-order valence-electron chi connectivity index (χ0n) is 15.3. The Kier molecular flexibility index (Phi) is 3.71. The number of anilines is 1. The fraction of sp³-hybridized carbons (Fsp3) is 0.435. The van der Waals surface area contributed by atoms with E-state index in [4.69, 9.17) is 0 Å². The van der Waals surface area contributed by atoms with Crippen molar-refractivity contribution >= 4 is 5.69 Å². The normalized spacial score (nSPS) is 26.0. The maximum absolute atomic E-state index is 3.97. The molecule has 0 N–H and O–H groups in total. The zero-order valence-corrected chi connectivity index (χ0v) is 15.3. The van der Waals surface area contributed by atoms with Crippen LogP contribution in [0.15, 0.2) is 36.4 Å². The predicted molar refractivity (Wildman–Crippen MR) is 101 cm³/mol. The van der Waals surface area contributed by atoms with Gasteiger partial charge in [-0.3, -0.25) is 0 Å². The van der Waals surface area contributed by atoms with Gasteiger partial charge in [-0.15, -0.1) is 0 Å². The van der Waals surface area contributed by atoms with Crippen LogP contribution >= 0.6 is 0 Å². The minimum Gasteiger partial charge on any atom is -0.356 e. The molecule has 1 nitrogen and oxygen atoms in total. The van der Waals surface area contributed by atoms with Gasteiger partial charge < -0.3 is 4.90 Å². The van der Waals surface area contributed by atoms with Gasteiger partial charge in [-0.25, -0.2) is 0 Å². The molecule has 24 heavy (non-hydrogen) atoms. The first kappa shape index (κ1) is 15.7. The largest absolute Gasteiger partial charge is 0.356 e. The summed E-state index contributed by atoms with van der Waals surface area (Å²) in [5.41, 5.74) is 8.51. The van der Waals surface area contributed by atoms with E-state index in [-0.39, 0.29) is 5.41 Å². The molecule has 1 heteroatoms. The number of nitrogens with zero attached hydrogens (tertiary/aromatic N) is 1. The van der Waals surface area contributed by atoms with E-state index in [0.29, 0.717) is 6.04 Å². The predicted octanol–water partition coefficient (Wildman–Crippen LogP) is 5.66. The van der Waals surface area contributed by atoms with Gasteiger partial charge in [-0.2, -0.15) is 0 Å². The Morgan fingerprint density at radius 2 is 1.71 bits per heavy atom. The van der Waals surface area contributed by atoms with E-state index in [2.05, 4.69) is 75.5 Å². The van der Waals surface area contributed by atoms with Crippen LogP contribution in [0.3, 0.4) is 0 Å². The SMILES string of the molecule is Cc1cc(C)c(N2[C]C3(c4ccccc4C)CCCC2C3)c(C)c1. The average Bonchev–Trinajstić information content (AvgIpc) is 2.78. The molecule has 1 aliphatic heterocycles. The highest BCUT2D eigenvalue weighted by Crippen LogP contribution is 2.52. The van der Waals surface area contributed by atoms with Crippen LogP contribution in [0.2, 0.25) is 0 Å². The summed E-state index contributed by atoms with van der Waals surface area (Å²) >= 11 is 0. The van der Waals surface area contributed by atoms with Crippen LogP contribution in [0.5, 0.6) is 0 Å². The molecule has 2 aliphatic rings. The van der Waals surface area contributed by atoms with Gasteiger partial charge in [0.15, 0.2) is 0 Å².